The minimum atomic E-state index is -0.656. The quantitative estimate of drug-likeness (QED) is 0.763. The summed E-state index contributed by atoms with van der Waals surface area (Å²) in [7, 11) is 0. The summed E-state index contributed by atoms with van der Waals surface area (Å²) in [4.78, 5) is 7.58. The second-order valence-corrected chi connectivity index (χ2v) is 3.78. The van der Waals surface area contributed by atoms with E-state index >= 15 is 0 Å². The molecule has 0 aliphatic heterocycles. The molecule has 2 aromatic heterocycles. The van der Waals surface area contributed by atoms with Crippen LogP contribution in [0.2, 0.25) is 0 Å². The van der Waals surface area contributed by atoms with Crippen LogP contribution in [0.3, 0.4) is 0 Å². The van der Waals surface area contributed by atoms with E-state index in [-0.39, 0.29) is 18.3 Å². The van der Waals surface area contributed by atoms with Gasteiger partial charge in [0.2, 0.25) is 0 Å². The van der Waals surface area contributed by atoms with Gasteiger partial charge >= 0.3 is 0 Å². The Morgan fingerprint density at radius 2 is 2.29 bits per heavy atom. The second-order valence-electron chi connectivity index (χ2n) is 3.78. The van der Waals surface area contributed by atoms with Crippen LogP contribution in [0.15, 0.2) is 22.9 Å². The lowest BCUT2D eigenvalue weighted by atomic mass is 10.2. The Hall–Kier alpha value is -1.98. The van der Waals surface area contributed by atoms with Crippen molar-refractivity contribution in [2.75, 3.05) is 0 Å². The first-order valence-corrected chi connectivity index (χ1v) is 5.22. The molecule has 0 spiro atoms. The highest BCUT2D eigenvalue weighted by atomic mass is 19.1. The highest BCUT2D eigenvalue weighted by molar-refractivity contribution is 5.17. The molecule has 0 atom stereocenters. The normalized spacial score (nSPS) is 10.8. The molecule has 0 aliphatic carbocycles. The van der Waals surface area contributed by atoms with Crippen molar-refractivity contribution in [1.29, 1.82) is 0 Å². The summed E-state index contributed by atoms with van der Waals surface area (Å²) >= 11 is 0. The van der Waals surface area contributed by atoms with Crippen molar-refractivity contribution in [2.45, 2.75) is 26.4 Å². The molecule has 0 unspecified atom stereocenters. The monoisotopic (exact) mass is 237 g/mol. The summed E-state index contributed by atoms with van der Waals surface area (Å²) in [5.41, 5.74) is 0. The number of hydrogen-bond donors (Lipinski definition) is 0. The molecule has 0 aromatic carbocycles. The zero-order valence-corrected chi connectivity index (χ0v) is 9.55. The van der Waals surface area contributed by atoms with E-state index in [2.05, 4.69) is 15.1 Å². The molecule has 0 fully saturated rings. The largest absolute Gasteiger partial charge is 0.479 e. The fourth-order valence-electron chi connectivity index (χ4n) is 1.18. The van der Waals surface area contributed by atoms with Crippen molar-refractivity contribution in [3.8, 4) is 5.75 Å². The molecule has 0 radical (unpaired) electrons. The summed E-state index contributed by atoms with van der Waals surface area (Å²) in [5.74, 6) is 0.516. The second kappa shape index (κ2) is 4.90. The van der Waals surface area contributed by atoms with Crippen LogP contribution >= 0.6 is 0 Å². The molecule has 0 saturated heterocycles. The van der Waals surface area contributed by atoms with Gasteiger partial charge in [-0.2, -0.15) is 9.37 Å². The Balaban J connectivity index is 2.00. The van der Waals surface area contributed by atoms with Gasteiger partial charge in [-0.25, -0.2) is 4.98 Å². The van der Waals surface area contributed by atoms with Gasteiger partial charge in [-0.05, 0) is 12.1 Å². The topological polar surface area (TPSA) is 61.0 Å². The standard InChI is InChI=1S/C11H12FN3O2/c1-7(2)11-14-9(17-15-11)6-16-8-4-3-5-13-10(8)12/h3-5,7H,6H2,1-2H3. The lowest BCUT2D eigenvalue weighted by molar-refractivity contribution is 0.231. The van der Waals surface area contributed by atoms with Crippen LogP contribution in [-0.4, -0.2) is 15.1 Å². The van der Waals surface area contributed by atoms with Crippen molar-refractivity contribution in [3.05, 3.63) is 36.0 Å². The van der Waals surface area contributed by atoms with Crippen molar-refractivity contribution >= 4 is 0 Å². The van der Waals surface area contributed by atoms with E-state index in [4.69, 9.17) is 9.26 Å². The lowest BCUT2D eigenvalue weighted by Gasteiger charge is -2.02. The Morgan fingerprint density at radius 3 is 2.94 bits per heavy atom. The molecule has 0 amide bonds. The number of rotatable bonds is 4. The molecule has 6 heteroatoms. The maximum Gasteiger partial charge on any atom is 0.264 e. The van der Waals surface area contributed by atoms with Gasteiger partial charge < -0.3 is 9.26 Å². The van der Waals surface area contributed by atoms with Crippen LogP contribution in [-0.2, 0) is 6.61 Å². The fourth-order valence-corrected chi connectivity index (χ4v) is 1.18. The minimum Gasteiger partial charge on any atom is -0.479 e. The molecule has 2 aromatic rings. The van der Waals surface area contributed by atoms with E-state index in [9.17, 15) is 4.39 Å². The van der Waals surface area contributed by atoms with E-state index in [1.54, 1.807) is 6.07 Å². The van der Waals surface area contributed by atoms with Gasteiger partial charge in [0.05, 0.1) is 0 Å². The molecule has 90 valence electrons. The van der Waals surface area contributed by atoms with Crippen molar-refractivity contribution in [3.63, 3.8) is 0 Å². The third kappa shape index (κ3) is 2.77. The van der Waals surface area contributed by atoms with Gasteiger partial charge in [0.15, 0.2) is 18.2 Å². The van der Waals surface area contributed by atoms with Crippen LogP contribution in [0.4, 0.5) is 4.39 Å². The highest BCUT2D eigenvalue weighted by Gasteiger charge is 2.11. The zero-order chi connectivity index (χ0) is 12.3. The number of pyridine rings is 1. The van der Waals surface area contributed by atoms with Gasteiger partial charge in [-0.1, -0.05) is 19.0 Å². The number of hydrogen-bond acceptors (Lipinski definition) is 5. The van der Waals surface area contributed by atoms with Crippen LogP contribution in [0.5, 0.6) is 5.75 Å². The van der Waals surface area contributed by atoms with Crippen LogP contribution < -0.4 is 4.74 Å². The number of aromatic nitrogens is 3. The van der Waals surface area contributed by atoms with Crippen molar-refractivity contribution < 1.29 is 13.7 Å². The van der Waals surface area contributed by atoms with Crippen LogP contribution in [0.25, 0.3) is 0 Å². The van der Waals surface area contributed by atoms with Gasteiger partial charge in [0.25, 0.3) is 11.8 Å². The number of halogens is 1. The Morgan fingerprint density at radius 1 is 1.47 bits per heavy atom. The molecule has 0 N–H and O–H groups in total. The summed E-state index contributed by atoms with van der Waals surface area (Å²) in [6.45, 7) is 3.94. The SMILES string of the molecule is CC(C)c1noc(COc2cccnc2F)n1. The average molecular weight is 237 g/mol. The third-order valence-electron chi connectivity index (χ3n) is 2.08. The van der Waals surface area contributed by atoms with Crippen LogP contribution in [0, 0.1) is 5.95 Å². The first-order valence-electron chi connectivity index (χ1n) is 5.22. The third-order valence-corrected chi connectivity index (χ3v) is 2.08. The summed E-state index contributed by atoms with van der Waals surface area (Å²) in [6, 6.07) is 3.08. The molecular formula is C11H12FN3O2. The van der Waals surface area contributed by atoms with E-state index in [1.807, 2.05) is 13.8 Å². The summed E-state index contributed by atoms with van der Waals surface area (Å²) in [6.07, 6.45) is 1.35. The molecule has 17 heavy (non-hydrogen) atoms. The average Bonchev–Trinajstić information content (AvgIpc) is 2.77. The Labute approximate surface area is 97.6 Å². The van der Waals surface area contributed by atoms with E-state index in [0.717, 1.165) is 0 Å². The van der Waals surface area contributed by atoms with Gasteiger partial charge in [-0.15, -0.1) is 0 Å². The lowest BCUT2D eigenvalue weighted by Crippen LogP contribution is -1.99. The first-order chi connectivity index (χ1) is 8.16. The van der Waals surface area contributed by atoms with Crippen LogP contribution in [0.1, 0.15) is 31.5 Å². The van der Waals surface area contributed by atoms with E-state index in [1.165, 1.54) is 12.3 Å². The first kappa shape index (κ1) is 11.5. The van der Waals surface area contributed by atoms with E-state index in [0.29, 0.717) is 11.7 Å². The number of ether oxygens (including phenoxy) is 1. The molecule has 0 bridgehead atoms. The smallest absolute Gasteiger partial charge is 0.264 e. The Kier molecular flexibility index (Phi) is 3.32. The van der Waals surface area contributed by atoms with E-state index < -0.39 is 5.95 Å². The molecule has 2 rings (SSSR count). The molecule has 2 heterocycles. The van der Waals surface area contributed by atoms with Gasteiger partial charge in [0.1, 0.15) is 0 Å². The van der Waals surface area contributed by atoms with Gasteiger partial charge in [0, 0.05) is 12.1 Å². The fraction of sp³-hybridized carbons (Fsp3) is 0.364. The summed E-state index contributed by atoms with van der Waals surface area (Å²) in [5, 5.41) is 3.77. The predicted octanol–water partition coefficient (Wildman–Crippen LogP) is 2.31. The zero-order valence-electron chi connectivity index (χ0n) is 9.55. The molecule has 0 aliphatic rings. The molecular weight excluding hydrogens is 225 g/mol. The highest BCUT2D eigenvalue weighted by Crippen LogP contribution is 2.15. The minimum absolute atomic E-state index is 0.0301. The maximum absolute atomic E-state index is 13.1. The predicted molar refractivity (Wildman–Crippen MR) is 56.9 cm³/mol. The maximum atomic E-state index is 13.1. The van der Waals surface area contributed by atoms with Crippen molar-refractivity contribution in [1.82, 2.24) is 15.1 Å². The summed E-state index contributed by atoms with van der Waals surface area (Å²) < 4.78 is 23.3. The Bertz CT molecular complexity index is 499. The number of nitrogens with zero attached hydrogens (tertiary/aromatic N) is 3. The molecule has 0 saturated carbocycles. The van der Waals surface area contributed by atoms with Gasteiger partial charge in [-0.3, -0.25) is 0 Å². The van der Waals surface area contributed by atoms with Crippen molar-refractivity contribution in [2.24, 2.45) is 0 Å². The molecule has 5 nitrogen and oxygen atoms in total.